The normalized spacial score (nSPS) is 11.0. The van der Waals surface area contributed by atoms with E-state index in [-0.39, 0.29) is 12.4 Å². The number of anilines is 1. The molecule has 6 heteroatoms. The molecule has 0 saturated heterocycles. The maximum atomic E-state index is 6.27. The quantitative estimate of drug-likeness (QED) is 0.561. The largest absolute Gasteiger partial charge is 0.397 e. The van der Waals surface area contributed by atoms with E-state index in [1.807, 2.05) is 24.3 Å². The molecule has 0 radical (unpaired) electrons. The molecule has 0 aliphatic heterocycles. The molecule has 0 spiro atoms. The summed E-state index contributed by atoms with van der Waals surface area (Å²) in [4.78, 5) is 5.69. The highest BCUT2D eigenvalue weighted by Crippen LogP contribution is 2.34. The van der Waals surface area contributed by atoms with Crippen molar-refractivity contribution in [1.29, 1.82) is 0 Å². The van der Waals surface area contributed by atoms with Gasteiger partial charge in [0.15, 0.2) is 4.96 Å². The minimum absolute atomic E-state index is 0. The van der Waals surface area contributed by atoms with E-state index in [1.54, 1.807) is 18.4 Å². The summed E-state index contributed by atoms with van der Waals surface area (Å²) in [5.41, 5.74) is 11.3. The molecule has 4 nitrogen and oxygen atoms in total. The van der Waals surface area contributed by atoms with Gasteiger partial charge in [0.2, 0.25) is 0 Å². The van der Waals surface area contributed by atoms with E-state index < -0.39 is 0 Å². The van der Waals surface area contributed by atoms with Crippen molar-refractivity contribution in [3.63, 3.8) is 0 Å². The van der Waals surface area contributed by atoms with Gasteiger partial charge in [-0.3, -0.25) is 4.40 Å². The van der Waals surface area contributed by atoms with Crippen LogP contribution in [0.3, 0.4) is 0 Å². The van der Waals surface area contributed by atoms with Crippen molar-refractivity contribution < 1.29 is 4.74 Å². The van der Waals surface area contributed by atoms with Crippen molar-refractivity contribution in [3.8, 4) is 11.3 Å². The van der Waals surface area contributed by atoms with Gasteiger partial charge in [-0.2, -0.15) is 0 Å². The Morgan fingerprint density at radius 3 is 2.70 bits per heavy atom. The SMILES string of the molecule is COCc1ccc2c(sc3nc(-c4ccccc4)cn32)c1N.Cl. The fourth-order valence-corrected chi connectivity index (χ4v) is 3.74. The van der Waals surface area contributed by atoms with E-state index in [9.17, 15) is 0 Å². The average molecular weight is 346 g/mol. The number of hydrogen-bond donors (Lipinski definition) is 1. The number of ether oxygens (including phenoxy) is 1. The van der Waals surface area contributed by atoms with E-state index in [4.69, 9.17) is 15.5 Å². The first-order chi connectivity index (χ1) is 10.8. The molecule has 2 heterocycles. The fraction of sp³-hybridized carbons (Fsp3) is 0.118. The Hall–Kier alpha value is -2.08. The fourth-order valence-electron chi connectivity index (χ4n) is 2.65. The van der Waals surface area contributed by atoms with Crippen molar-refractivity contribution >= 4 is 44.6 Å². The second-order valence-corrected chi connectivity index (χ2v) is 6.14. The summed E-state index contributed by atoms with van der Waals surface area (Å²) in [5, 5.41) is 0. The number of benzene rings is 2. The van der Waals surface area contributed by atoms with Crippen molar-refractivity contribution in [2.75, 3.05) is 12.8 Å². The van der Waals surface area contributed by atoms with Gasteiger partial charge in [-0.25, -0.2) is 4.98 Å². The molecule has 0 fully saturated rings. The van der Waals surface area contributed by atoms with Gasteiger partial charge in [-0.15, -0.1) is 12.4 Å². The maximum Gasteiger partial charge on any atom is 0.195 e. The van der Waals surface area contributed by atoms with E-state index in [0.29, 0.717) is 6.61 Å². The monoisotopic (exact) mass is 345 g/mol. The molecule has 2 aromatic heterocycles. The zero-order valence-corrected chi connectivity index (χ0v) is 14.2. The van der Waals surface area contributed by atoms with Gasteiger partial charge in [0.1, 0.15) is 0 Å². The minimum Gasteiger partial charge on any atom is -0.397 e. The van der Waals surface area contributed by atoms with Crippen LogP contribution in [0.2, 0.25) is 0 Å². The topological polar surface area (TPSA) is 52.5 Å². The van der Waals surface area contributed by atoms with Gasteiger partial charge >= 0.3 is 0 Å². The Balaban J connectivity index is 0.00000156. The lowest BCUT2D eigenvalue weighted by atomic mass is 10.1. The average Bonchev–Trinajstić information content (AvgIpc) is 3.10. The van der Waals surface area contributed by atoms with Gasteiger partial charge in [0, 0.05) is 24.4 Å². The Labute approximate surface area is 143 Å². The molecule has 0 saturated carbocycles. The number of hydrogen-bond acceptors (Lipinski definition) is 4. The van der Waals surface area contributed by atoms with Gasteiger partial charge in [0.25, 0.3) is 0 Å². The van der Waals surface area contributed by atoms with Crippen LogP contribution in [0.25, 0.3) is 26.4 Å². The molecular weight excluding hydrogens is 330 g/mol. The molecule has 0 aliphatic carbocycles. The molecule has 23 heavy (non-hydrogen) atoms. The standard InChI is InChI=1S/C17H15N3OS.ClH/c1-21-10-12-7-8-14-16(15(12)18)22-17-19-13(9-20(14)17)11-5-3-2-4-6-11;/h2-9H,10,18H2,1H3;1H. The van der Waals surface area contributed by atoms with Crippen LogP contribution < -0.4 is 5.73 Å². The first kappa shape index (κ1) is 15.8. The number of fused-ring (bicyclic) bond motifs is 3. The van der Waals surface area contributed by atoms with Crippen LogP contribution in [0.5, 0.6) is 0 Å². The van der Waals surface area contributed by atoms with Crippen LogP contribution in [0.4, 0.5) is 5.69 Å². The zero-order valence-electron chi connectivity index (χ0n) is 12.5. The molecule has 0 unspecified atom stereocenters. The van der Waals surface area contributed by atoms with Crippen LogP contribution >= 0.6 is 23.7 Å². The predicted octanol–water partition coefficient (Wildman–Crippen LogP) is 4.37. The molecule has 0 bridgehead atoms. The van der Waals surface area contributed by atoms with Crippen LogP contribution in [-0.4, -0.2) is 16.5 Å². The van der Waals surface area contributed by atoms with E-state index >= 15 is 0 Å². The van der Waals surface area contributed by atoms with Crippen molar-refractivity contribution in [1.82, 2.24) is 9.38 Å². The summed E-state index contributed by atoms with van der Waals surface area (Å²) in [5.74, 6) is 0. The predicted molar refractivity (Wildman–Crippen MR) is 98.4 cm³/mol. The summed E-state index contributed by atoms with van der Waals surface area (Å²) in [6.45, 7) is 0.525. The maximum absolute atomic E-state index is 6.27. The number of aromatic nitrogens is 2. The lowest BCUT2D eigenvalue weighted by Gasteiger charge is -2.05. The summed E-state index contributed by atoms with van der Waals surface area (Å²) in [6.07, 6.45) is 2.07. The first-order valence-corrected chi connectivity index (χ1v) is 7.83. The van der Waals surface area contributed by atoms with Crippen LogP contribution in [0.15, 0.2) is 48.7 Å². The van der Waals surface area contributed by atoms with Crippen molar-refractivity contribution in [3.05, 3.63) is 54.2 Å². The van der Waals surface area contributed by atoms with E-state index in [1.165, 1.54) is 0 Å². The Morgan fingerprint density at radius 2 is 1.96 bits per heavy atom. The Kier molecular flexibility index (Phi) is 4.26. The molecule has 2 N–H and O–H groups in total. The summed E-state index contributed by atoms with van der Waals surface area (Å²) in [7, 11) is 1.68. The number of methoxy groups -OCH3 is 1. The smallest absolute Gasteiger partial charge is 0.195 e. The highest BCUT2D eigenvalue weighted by molar-refractivity contribution is 7.24. The molecule has 118 valence electrons. The van der Waals surface area contributed by atoms with Crippen LogP contribution in [0.1, 0.15) is 5.56 Å². The third kappa shape index (κ3) is 2.57. The molecule has 0 atom stereocenters. The molecule has 0 amide bonds. The van der Waals surface area contributed by atoms with Gasteiger partial charge in [-0.1, -0.05) is 47.7 Å². The van der Waals surface area contributed by atoms with Crippen LogP contribution in [0, 0.1) is 0 Å². The molecule has 0 aliphatic rings. The minimum atomic E-state index is 0. The highest BCUT2D eigenvalue weighted by Gasteiger charge is 2.13. The molecular formula is C17H16ClN3OS. The number of nitrogens with zero attached hydrogens (tertiary/aromatic N) is 2. The molecule has 4 aromatic rings. The number of imidazole rings is 1. The number of halogens is 1. The zero-order chi connectivity index (χ0) is 15.1. The second kappa shape index (κ2) is 6.20. The number of thiazole rings is 1. The van der Waals surface area contributed by atoms with Gasteiger partial charge < -0.3 is 10.5 Å². The van der Waals surface area contributed by atoms with E-state index in [2.05, 4.69) is 28.8 Å². The number of nitrogen functional groups attached to an aromatic ring is 1. The molecule has 2 aromatic carbocycles. The van der Waals surface area contributed by atoms with Gasteiger partial charge in [0.05, 0.1) is 28.2 Å². The Morgan fingerprint density at radius 1 is 1.17 bits per heavy atom. The second-order valence-electron chi connectivity index (χ2n) is 5.17. The lowest BCUT2D eigenvalue weighted by Crippen LogP contribution is -1.96. The third-order valence-corrected chi connectivity index (χ3v) is 4.87. The third-order valence-electron chi connectivity index (χ3n) is 3.76. The number of rotatable bonds is 3. The molecule has 4 rings (SSSR count). The summed E-state index contributed by atoms with van der Waals surface area (Å²) in [6, 6.07) is 14.3. The number of nitrogens with two attached hydrogens (primary N) is 1. The highest BCUT2D eigenvalue weighted by atomic mass is 35.5. The van der Waals surface area contributed by atoms with Gasteiger partial charge in [-0.05, 0) is 6.07 Å². The van der Waals surface area contributed by atoms with Crippen LogP contribution in [-0.2, 0) is 11.3 Å². The Bertz CT molecular complexity index is 962. The summed E-state index contributed by atoms with van der Waals surface area (Å²) >= 11 is 1.62. The van der Waals surface area contributed by atoms with E-state index in [0.717, 1.165) is 37.7 Å². The van der Waals surface area contributed by atoms with Crippen molar-refractivity contribution in [2.45, 2.75) is 6.61 Å². The lowest BCUT2D eigenvalue weighted by molar-refractivity contribution is 0.185. The first-order valence-electron chi connectivity index (χ1n) is 7.01. The summed E-state index contributed by atoms with van der Waals surface area (Å²) < 4.78 is 8.37. The van der Waals surface area contributed by atoms with Crippen molar-refractivity contribution in [2.24, 2.45) is 0 Å².